The first-order valence-corrected chi connectivity index (χ1v) is 9.85. The lowest BCUT2D eigenvalue weighted by Gasteiger charge is -2.28. The molecule has 0 bridgehead atoms. The summed E-state index contributed by atoms with van der Waals surface area (Å²) in [6.07, 6.45) is 0. The summed E-state index contributed by atoms with van der Waals surface area (Å²) in [6.45, 7) is 1.46. The maximum absolute atomic E-state index is 13.0. The maximum atomic E-state index is 13.0. The molecule has 0 saturated carbocycles. The first kappa shape index (κ1) is 23.6. The minimum atomic E-state index is -0.738. The van der Waals surface area contributed by atoms with Crippen molar-refractivity contribution >= 4 is 35.0 Å². The summed E-state index contributed by atoms with van der Waals surface area (Å²) in [5.74, 6) is 0.757. The van der Waals surface area contributed by atoms with Crippen LogP contribution in [0.2, 0.25) is 10.0 Å². The van der Waals surface area contributed by atoms with Crippen LogP contribution in [0.25, 0.3) is 0 Å². The number of halogens is 2. The topological polar surface area (TPSA) is 77.1 Å². The Bertz CT molecular complexity index is 885. The van der Waals surface area contributed by atoms with Crippen LogP contribution in [-0.4, -0.2) is 50.6 Å². The van der Waals surface area contributed by atoms with Crippen LogP contribution in [0.15, 0.2) is 36.4 Å². The zero-order valence-corrected chi connectivity index (χ0v) is 18.7. The lowest BCUT2D eigenvalue weighted by Crippen LogP contribution is -2.48. The first-order valence-electron chi connectivity index (χ1n) is 9.10. The lowest BCUT2D eigenvalue weighted by molar-refractivity contribution is -0.142. The molecular formula is C21H24Cl2N2O5. The molecule has 0 unspecified atom stereocenters. The molecule has 1 atom stereocenters. The quantitative estimate of drug-likeness (QED) is 0.626. The van der Waals surface area contributed by atoms with E-state index in [1.54, 1.807) is 43.3 Å². The zero-order chi connectivity index (χ0) is 22.3. The van der Waals surface area contributed by atoms with Gasteiger partial charge in [-0.2, -0.15) is 0 Å². The summed E-state index contributed by atoms with van der Waals surface area (Å²) in [7, 11) is 4.55. The third kappa shape index (κ3) is 6.18. The molecule has 1 N–H and O–H groups in total. The maximum Gasteiger partial charge on any atom is 0.261 e. The van der Waals surface area contributed by atoms with Gasteiger partial charge in [0.1, 0.15) is 23.3 Å². The van der Waals surface area contributed by atoms with Crippen LogP contribution in [0.1, 0.15) is 12.5 Å². The van der Waals surface area contributed by atoms with Gasteiger partial charge in [-0.1, -0.05) is 29.3 Å². The van der Waals surface area contributed by atoms with Crippen LogP contribution in [-0.2, 0) is 16.1 Å². The van der Waals surface area contributed by atoms with Crippen molar-refractivity contribution in [2.75, 3.05) is 27.9 Å². The minimum Gasteiger partial charge on any atom is -0.496 e. The second-order valence-corrected chi connectivity index (χ2v) is 7.23. The molecule has 7 nitrogen and oxygen atoms in total. The van der Waals surface area contributed by atoms with Crippen molar-refractivity contribution in [1.82, 2.24) is 10.2 Å². The van der Waals surface area contributed by atoms with Crippen molar-refractivity contribution in [2.45, 2.75) is 19.5 Å². The highest BCUT2D eigenvalue weighted by molar-refractivity contribution is 6.35. The zero-order valence-electron chi connectivity index (χ0n) is 17.2. The standard InChI is InChI=1S/C21H24Cl2N2O5/c1-13(21(27)24-2)25(11-14-5-6-15(22)7-19(14)23)20(26)12-30-18-9-16(28-3)8-17(10-18)29-4/h5-10,13H,11-12H2,1-4H3,(H,24,27)/t13-/m0/s1. The SMILES string of the molecule is CNC(=O)[C@H](C)N(Cc1ccc(Cl)cc1Cl)C(=O)COc1cc(OC)cc(OC)c1. The normalized spacial score (nSPS) is 11.4. The van der Waals surface area contributed by atoms with Gasteiger partial charge < -0.3 is 24.4 Å². The molecule has 2 rings (SSSR count). The van der Waals surface area contributed by atoms with Gasteiger partial charge in [-0.15, -0.1) is 0 Å². The molecule has 0 aliphatic heterocycles. The number of carbonyl (C=O) groups is 2. The summed E-state index contributed by atoms with van der Waals surface area (Å²) in [6, 6.07) is 9.21. The van der Waals surface area contributed by atoms with E-state index in [0.717, 1.165) is 0 Å². The Morgan fingerprint density at radius 2 is 1.63 bits per heavy atom. The second kappa shape index (κ2) is 10.9. The van der Waals surface area contributed by atoms with Gasteiger partial charge in [0.25, 0.3) is 5.91 Å². The highest BCUT2D eigenvalue weighted by atomic mass is 35.5. The molecule has 0 spiro atoms. The Morgan fingerprint density at radius 3 is 2.17 bits per heavy atom. The van der Waals surface area contributed by atoms with Gasteiger partial charge in [0.2, 0.25) is 5.91 Å². The summed E-state index contributed by atoms with van der Waals surface area (Å²) in [5.41, 5.74) is 0.660. The van der Waals surface area contributed by atoms with E-state index in [4.69, 9.17) is 37.4 Å². The number of ether oxygens (including phenoxy) is 3. The van der Waals surface area contributed by atoms with Crippen LogP contribution in [0.4, 0.5) is 0 Å². The van der Waals surface area contributed by atoms with Crippen LogP contribution < -0.4 is 19.5 Å². The van der Waals surface area contributed by atoms with E-state index < -0.39 is 6.04 Å². The van der Waals surface area contributed by atoms with Crippen LogP contribution >= 0.6 is 23.2 Å². The van der Waals surface area contributed by atoms with Crippen molar-refractivity contribution in [3.8, 4) is 17.2 Å². The van der Waals surface area contributed by atoms with Crippen LogP contribution in [0.3, 0.4) is 0 Å². The van der Waals surface area contributed by atoms with E-state index in [-0.39, 0.29) is 25.0 Å². The van der Waals surface area contributed by atoms with E-state index in [1.165, 1.54) is 26.2 Å². The number of hydrogen-bond acceptors (Lipinski definition) is 5. The third-order valence-corrected chi connectivity index (χ3v) is 5.04. The summed E-state index contributed by atoms with van der Waals surface area (Å²) in [5, 5.41) is 3.44. The van der Waals surface area contributed by atoms with Crippen molar-refractivity contribution < 1.29 is 23.8 Å². The highest BCUT2D eigenvalue weighted by Crippen LogP contribution is 2.28. The smallest absolute Gasteiger partial charge is 0.261 e. The minimum absolute atomic E-state index is 0.119. The fourth-order valence-corrected chi connectivity index (χ4v) is 3.19. The molecule has 0 aliphatic rings. The molecule has 0 saturated heterocycles. The van der Waals surface area contributed by atoms with Crippen molar-refractivity contribution in [3.05, 3.63) is 52.0 Å². The second-order valence-electron chi connectivity index (χ2n) is 6.38. The fraction of sp³-hybridized carbons (Fsp3) is 0.333. The summed E-state index contributed by atoms with van der Waals surface area (Å²) in [4.78, 5) is 26.5. The molecule has 2 aromatic carbocycles. The Balaban J connectivity index is 2.21. The summed E-state index contributed by atoms with van der Waals surface area (Å²) >= 11 is 12.2. The van der Waals surface area contributed by atoms with Gasteiger partial charge in [0.15, 0.2) is 6.61 Å². The van der Waals surface area contributed by atoms with Gasteiger partial charge in [0, 0.05) is 41.8 Å². The molecule has 0 radical (unpaired) electrons. The molecule has 0 fully saturated rings. The average molecular weight is 455 g/mol. The number of carbonyl (C=O) groups excluding carboxylic acids is 2. The van der Waals surface area contributed by atoms with E-state index in [9.17, 15) is 9.59 Å². The largest absolute Gasteiger partial charge is 0.496 e. The van der Waals surface area contributed by atoms with Crippen LogP contribution in [0, 0.1) is 0 Å². The molecule has 9 heteroatoms. The number of rotatable bonds is 9. The van der Waals surface area contributed by atoms with Gasteiger partial charge in [-0.25, -0.2) is 0 Å². The molecule has 162 valence electrons. The van der Waals surface area contributed by atoms with Gasteiger partial charge in [-0.3, -0.25) is 9.59 Å². The van der Waals surface area contributed by atoms with E-state index in [1.807, 2.05) is 0 Å². The summed E-state index contributed by atoms with van der Waals surface area (Å²) < 4.78 is 16.1. The number of nitrogens with one attached hydrogen (secondary N) is 1. The Hall–Kier alpha value is -2.64. The Labute approximate surface area is 185 Å². The van der Waals surface area contributed by atoms with E-state index in [2.05, 4.69) is 5.32 Å². The molecule has 0 heterocycles. The molecule has 30 heavy (non-hydrogen) atoms. The van der Waals surface area contributed by atoms with Crippen molar-refractivity contribution in [1.29, 1.82) is 0 Å². The lowest BCUT2D eigenvalue weighted by atomic mass is 10.1. The van der Waals surface area contributed by atoms with Gasteiger partial charge >= 0.3 is 0 Å². The number of benzene rings is 2. The van der Waals surface area contributed by atoms with E-state index in [0.29, 0.717) is 32.9 Å². The Morgan fingerprint density at radius 1 is 1.03 bits per heavy atom. The van der Waals surface area contributed by atoms with Crippen molar-refractivity contribution in [2.24, 2.45) is 0 Å². The molecular weight excluding hydrogens is 431 g/mol. The molecule has 0 aromatic heterocycles. The number of likely N-dealkylation sites (N-methyl/N-ethyl adjacent to an activating group) is 1. The number of hydrogen-bond donors (Lipinski definition) is 1. The number of methoxy groups -OCH3 is 2. The van der Waals surface area contributed by atoms with Crippen molar-refractivity contribution in [3.63, 3.8) is 0 Å². The predicted octanol–water partition coefficient (Wildman–Crippen LogP) is 3.55. The highest BCUT2D eigenvalue weighted by Gasteiger charge is 2.26. The molecule has 0 aliphatic carbocycles. The Kier molecular flexibility index (Phi) is 8.62. The average Bonchev–Trinajstić information content (AvgIpc) is 2.75. The molecule has 2 amide bonds. The number of nitrogens with zero attached hydrogens (tertiary/aromatic N) is 1. The fourth-order valence-electron chi connectivity index (χ4n) is 2.72. The molecule has 2 aromatic rings. The monoisotopic (exact) mass is 454 g/mol. The first-order chi connectivity index (χ1) is 14.3. The number of amides is 2. The van der Waals surface area contributed by atoms with E-state index >= 15 is 0 Å². The van der Waals surface area contributed by atoms with Gasteiger partial charge in [0.05, 0.1) is 14.2 Å². The van der Waals surface area contributed by atoms with Crippen LogP contribution in [0.5, 0.6) is 17.2 Å². The predicted molar refractivity (Wildman–Crippen MR) is 116 cm³/mol. The van der Waals surface area contributed by atoms with Gasteiger partial charge in [-0.05, 0) is 24.6 Å². The third-order valence-electron chi connectivity index (χ3n) is 4.46.